The van der Waals surface area contributed by atoms with Crippen molar-refractivity contribution in [2.24, 2.45) is 33.1 Å². The van der Waals surface area contributed by atoms with Crippen LogP contribution >= 0.6 is 0 Å². The molecule has 0 aliphatic heterocycles. The van der Waals surface area contributed by atoms with Gasteiger partial charge in [-0.15, -0.1) is 0 Å². The van der Waals surface area contributed by atoms with E-state index in [4.69, 9.17) is 23.0 Å². The van der Waals surface area contributed by atoms with Crippen molar-refractivity contribution in [3.8, 4) is 11.3 Å². The molecule has 8 N–H and O–H groups in total. The van der Waals surface area contributed by atoms with Crippen LogP contribution in [0.4, 0.5) is 0 Å². The number of aromatic nitrogens is 1. The Kier molecular flexibility index (Phi) is 10.2. The van der Waals surface area contributed by atoms with Gasteiger partial charge in [-0.05, 0) is 50.5 Å². The van der Waals surface area contributed by atoms with Gasteiger partial charge in [-0.3, -0.25) is 4.98 Å². The van der Waals surface area contributed by atoms with Crippen LogP contribution in [0.1, 0.15) is 54.0 Å². The fourth-order valence-electron chi connectivity index (χ4n) is 3.38. The highest BCUT2D eigenvalue weighted by Crippen LogP contribution is 2.23. The van der Waals surface area contributed by atoms with Crippen LogP contribution in [-0.4, -0.2) is 22.8 Å². The van der Waals surface area contributed by atoms with Gasteiger partial charge in [-0.1, -0.05) is 67.8 Å². The zero-order chi connectivity index (χ0) is 25.1. The third-order valence-electron chi connectivity index (χ3n) is 5.36. The lowest BCUT2D eigenvalue weighted by Gasteiger charge is -2.09. The highest BCUT2D eigenvalue weighted by molar-refractivity contribution is 6.03. The standard InChI is InChI=1S/C14H16N4.C13H21N3/c1-9-3-5-11(12(7-9)14(15)18-16)13-6-4-10(2)8-17-13;1-3-4-9-12(14)16-13(15)11-8-6-5-7-10(11)2/h3-8H,16H2,1-2H3,(H2,15,18);5-8,12H,3-4,9,14H2,1-2H3,(H2,15,16). The maximum absolute atomic E-state index is 5.94. The Labute approximate surface area is 203 Å². The van der Waals surface area contributed by atoms with Crippen LogP contribution in [0.25, 0.3) is 11.3 Å². The first-order valence-corrected chi connectivity index (χ1v) is 11.5. The maximum Gasteiger partial charge on any atom is 0.150 e. The minimum Gasteiger partial charge on any atom is -0.383 e. The maximum atomic E-state index is 5.94. The smallest absolute Gasteiger partial charge is 0.150 e. The van der Waals surface area contributed by atoms with E-state index in [-0.39, 0.29) is 6.17 Å². The number of unbranched alkanes of at least 4 members (excludes halogenated alkanes) is 1. The number of aryl methyl sites for hydroxylation is 3. The van der Waals surface area contributed by atoms with Gasteiger partial charge in [0.2, 0.25) is 0 Å². The van der Waals surface area contributed by atoms with Crippen LogP contribution in [0.15, 0.2) is 70.9 Å². The summed E-state index contributed by atoms with van der Waals surface area (Å²) in [5.74, 6) is 6.13. The number of hydrazone groups is 1. The number of rotatable bonds is 7. The van der Waals surface area contributed by atoms with Crippen LogP contribution in [0, 0.1) is 20.8 Å². The van der Waals surface area contributed by atoms with E-state index < -0.39 is 0 Å². The van der Waals surface area contributed by atoms with E-state index in [1.165, 1.54) is 0 Å². The Morgan fingerprint density at radius 1 is 0.912 bits per heavy atom. The van der Waals surface area contributed by atoms with Crippen molar-refractivity contribution in [2.75, 3.05) is 0 Å². The molecule has 1 aromatic heterocycles. The van der Waals surface area contributed by atoms with Crippen molar-refractivity contribution in [2.45, 2.75) is 53.1 Å². The number of hydrogen-bond donors (Lipinski definition) is 4. The van der Waals surface area contributed by atoms with Crippen LogP contribution in [0.3, 0.4) is 0 Å². The van der Waals surface area contributed by atoms with Gasteiger partial charge < -0.3 is 23.0 Å². The van der Waals surface area contributed by atoms with Crippen molar-refractivity contribution in [3.05, 3.63) is 88.6 Å². The summed E-state index contributed by atoms with van der Waals surface area (Å²) in [7, 11) is 0. The van der Waals surface area contributed by atoms with Crippen molar-refractivity contribution < 1.29 is 0 Å². The Hall–Kier alpha value is -3.71. The molecule has 3 rings (SSSR count). The molecule has 0 fully saturated rings. The number of amidine groups is 2. The molecule has 0 saturated heterocycles. The van der Waals surface area contributed by atoms with Gasteiger partial charge in [-0.2, -0.15) is 5.10 Å². The number of benzene rings is 2. The highest BCUT2D eigenvalue weighted by atomic mass is 15.2. The molecule has 0 aliphatic carbocycles. The number of aliphatic imine (C=N–C) groups is 1. The molecule has 0 saturated carbocycles. The monoisotopic (exact) mass is 459 g/mol. The fourth-order valence-corrected chi connectivity index (χ4v) is 3.38. The van der Waals surface area contributed by atoms with Gasteiger partial charge in [0.05, 0.1) is 11.9 Å². The number of hydrogen-bond acceptors (Lipinski definition) is 5. The third-order valence-corrected chi connectivity index (χ3v) is 5.36. The minimum atomic E-state index is -0.181. The van der Waals surface area contributed by atoms with E-state index in [1.807, 2.05) is 81.6 Å². The lowest BCUT2D eigenvalue weighted by Crippen LogP contribution is -2.24. The lowest BCUT2D eigenvalue weighted by molar-refractivity contribution is 0.597. The molecular formula is C27H37N7. The summed E-state index contributed by atoms with van der Waals surface area (Å²) in [6.45, 7) is 8.17. The Balaban J connectivity index is 0.000000242. The zero-order valence-corrected chi connectivity index (χ0v) is 20.6. The molecular weight excluding hydrogens is 422 g/mol. The fraction of sp³-hybridized carbons (Fsp3) is 0.296. The first kappa shape index (κ1) is 26.5. The predicted octanol–water partition coefficient (Wildman–Crippen LogP) is 4.12. The number of pyridine rings is 1. The van der Waals surface area contributed by atoms with Crippen LogP contribution in [0.2, 0.25) is 0 Å². The van der Waals surface area contributed by atoms with Gasteiger partial charge in [0.15, 0.2) is 5.84 Å². The van der Waals surface area contributed by atoms with E-state index in [0.29, 0.717) is 11.7 Å². The van der Waals surface area contributed by atoms with E-state index in [1.54, 1.807) is 0 Å². The molecule has 7 heteroatoms. The van der Waals surface area contributed by atoms with Crippen molar-refractivity contribution >= 4 is 11.7 Å². The second-order valence-corrected chi connectivity index (χ2v) is 8.32. The number of nitrogens with two attached hydrogens (primary N) is 4. The van der Waals surface area contributed by atoms with Gasteiger partial charge in [0.1, 0.15) is 5.84 Å². The van der Waals surface area contributed by atoms with Gasteiger partial charge in [0, 0.05) is 22.9 Å². The Morgan fingerprint density at radius 2 is 1.62 bits per heavy atom. The predicted molar refractivity (Wildman–Crippen MR) is 143 cm³/mol. The summed E-state index contributed by atoms with van der Waals surface area (Å²) in [6, 6.07) is 17.9. The van der Waals surface area contributed by atoms with E-state index in [2.05, 4.69) is 22.0 Å². The number of nitrogens with zero attached hydrogens (tertiary/aromatic N) is 3. The van der Waals surface area contributed by atoms with Gasteiger partial charge >= 0.3 is 0 Å². The van der Waals surface area contributed by atoms with Crippen molar-refractivity contribution in [3.63, 3.8) is 0 Å². The molecule has 0 spiro atoms. The molecule has 1 heterocycles. The molecule has 2 aromatic carbocycles. The summed E-state index contributed by atoms with van der Waals surface area (Å²) in [5.41, 5.74) is 24.6. The van der Waals surface area contributed by atoms with Crippen LogP contribution in [-0.2, 0) is 0 Å². The molecule has 1 atom stereocenters. The molecule has 0 aliphatic rings. The SMILES string of the molecule is CCCCC(N)/N=C(\N)c1ccccc1C.Cc1ccc(-c2ccc(C)cc2/C(N)=N/N)nc1. The first-order chi connectivity index (χ1) is 16.3. The summed E-state index contributed by atoms with van der Waals surface area (Å²) in [6.07, 6.45) is 4.76. The van der Waals surface area contributed by atoms with Gasteiger partial charge in [0.25, 0.3) is 0 Å². The Morgan fingerprint density at radius 3 is 2.24 bits per heavy atom. The van der Waals surface area contributed by atoms with Gasteiger partial charge in [-0.25, -0.2) is 4.99 Å². The summed E-state index contributed by atoms with van der Waals surface area (Å²) < 4.78 is 0. The molecule has 0 bridgehead atoms. The Bertz CT molecular complexity index is 1120. The van der Waals surface area contributed by atoms with E-state index in [0.717, 1.165) is 58.3 Å². The molecule has 1 unspecified atom stereocenters. The molecule has 180 valence electrons. The quantitative estimate of drug-likeness (QED) is 0.182. The highest BCUT2D eigenvalue weighted by Gasteiger charge is 2.10. The van der Waals surface area contributed by atoms with Crippen molar-refractivity contribution in [1.29, 1.82) is 0 Å². The second kappa shape index (κ2) is 13.1. The van der Waals surface area contributed by atoms with Crippen LogP contribution in [0.5, 0.6) is 0 Å². The summed E-state index contributed by atoms with van der Waals surface area (Å²) in [4.78, 5) is 8.72. The van der Waals surface area contributed by atoms with Crippen LogP contribution < -0.4 is 23.0 Å². The topological polar surface area (TPSA) is 142 Å². The molecule has 0 amide bonds. The average molecular weight is 460 g/mol. The first-order valence-electron chi connectivity index (χ1n) is 11.5. The molecule has 3 aromatic rings. The van der Waals surface area contributed by atoms with E-state index >= 15 is 0 Å². The zero-order valence-electron chi connectivity index (χ0n) is 20.6. The summed E-state index contributed by atoms with van der Waals surface area (Å²) >= 11 is 0. The normalized spacial score (nSPS) is 12.6. The minimum absolute atomic E-state index is 0.181. The largest absolute Gasteiger partial charge is 0.383 e. The van der Waals surface area contributed by atoms with Crippen molar-refractivity contribution in [1.82, 2.24) is 4.98 Å². The lowest BCUT2D eigenvalue weighted by atomic mass is 10.0. The molecule has 0 radical (unpaired) electrons. The summed E-state index contributed by atoms with van der Waals surface area (Å²) in [5, 5.41) is 3.57. The third kappa shape index (κ3) is 7.71. The second-order valence-electron chi connectivity index (χ2n) is 8.32. The van der Waals surface area contributed by atoms with E-state index in [9.17, 15) is 0 Å². The molecule has 7 nitrogen and oxygen atoms in total. The molecule has 34 heavy (non-hydrogen) atoms. The average Bonchev–Trinajstić information content (AvgIpc) is 2.83.